The monoisotopic (exact) mass is 376 g/mol. The van der Waals surface area contributed by atoms with Crippen molar-refractivity contribution in [2.24, 2.45) is 0 Å². The second-order valence-electron chi connectivity index (χ2n) is 7.65. The first-order valence-corrected chi connectivity index (χ1v) is 9.95. The molecule has 2 amide bonds. The van der Waals surface area contributed by atoms with Crippen LogP contribution in [0, 0.1) is 5.82 Å². The highest BCUT2D eigenvalue weighted by atomic mass is 19.1. The van der Waals surface area contributed by atoms with Crippen molar-refractivity contribution in [1.82, 2.24) is 9.80 Å². The van der Waals surface area contributed by atoms with E-state index >= 15 is 0 Å². The Morgan fingerprint density at radius 1 is 1.22 bits per heavy atom. The van der Waals surface area contributed by atoms with Crippen LogP contribution in [0.3, 0.4) is 0 Å². The molecule has 0 unspecified atom stereocenters. The molecule has 5 nitrogen and oxygen atoms in total. The van der Waals surface area contributed by atoms with Crippen molar-refractivity contribution in [3.05, 3.63) is 35.6 Å². The topological polar surface area (TPSA) is 49.9 Å². The molecule has 2 aliphatic rings. The highest BCUT2D eigenvalue weighted by molar-refractivity contribution is 5.85. The average Bonchev–Trinajstić information content (AvgIpc) is 3.35. The summed E-state index contributed by atoms with van der Waals surface area (Å²) in [6.45, 7) is 4.83. The lowest BCUT2D eigenvalue weighted by Crippen LogP contribution is -2.45. The maximum atomic E-state index is 13.1. The molecule has 2 aliphatic heterocycles. The number of amides is 2. The first-order valence-electron chi connectivity index (χ1n) is 9.95. The van der Waals surface area contributed by atoms with Crippen molar-refractivity contribution in [2.75, 3.05) is 32.8 Å². The molecule has 0 spiro atoms. The Labute approximate surface area is 160 Å². The Bertz CT molecular complexity index is 637. The van der Waals surface area contributed by atoms with E-state index in [1.165, 1.54) is 12.1 Å². The van der Waals surface area contributed by atoms with Crippen LogP contribution in [0.25, 0.3) is 0 Å². The SMILES string of the molecule is C[C@@H](CC(=O)N(CC(=O)N1CCCC1)C[C@H]1CCCO1)c1ccc(F)cc1. The van der Waals surface area contributed by atoms with Crippen LogP contribution in [0.1, 0.15) is 50.5 Å². The quantitative estimate of drug-likeness (QED) is 0.735. The Hall–Kier alpha value is -1.95. The fourth-order valence-electron chi connectivity index (χ4n) is 3.82. The van der Waals surface area contributed by atoms with E-state index in [0.717, 1.165) is 50.9 Å². The molecular weight excluding hydrogens is 347 g/mol. The number of benzene rings is 1. The zero-order chi connectivity index (χ0) is 19.2. The molecule has 6 heteroatoms. The molecular formula is C21H29FN2O3. The van der Waals surface area contributed by atoms with Crippen molar-refractivity contribution in [2.45, 2.75) is 51.0 Å². The Balaban J connectivity index is 1.63. The lowest BCUT2D eigenvalue weighted by molar-refractivity contribution is -0.141. The van der Waals surface area contributed by atoms with Gasteiger partial charge in [0.25, 0.3) is 0 Å². The van der Waals surface area contributed by atoms with Crippen LogP contribution in [0.2, 0.25) is 0 Å². The van der Waals surface area contributed by atoms with Crippen molar-refractivity contribution in [3.8, 4) is 0 Å². The van der Waals surface area contributed by atoms with E-state index < -0.39 is 0 Å². The number of halogens is 1. The molecule has 1 aromatic rings. The summed E-state index contributed by atoms with van der Waals surface area (Å²) in [7, 11) is 0. The fraction of sp³-hybridized carbons (Fsp3) is 0.619. The number of hydrogen-bond acceptors (Lipinski definition) is 3. The number of hydrogen-bond donors (Lipinski definition) is 0. The molecule has 0 bridgehead atoms. The van der Waals surface area contributed by atoms with Gasteiger partial charge < -0.3 is 14.5 Å². The third kappa shape index (κ3) is 5.51. The first kappa shape index (κ1) is 19.8. The summed E-state index contributed by atoms with van der Waals surface area (Å²) < 4.78 is 18.8. The van der Waals surface area contributed by atoms with E-state index in [1.54, 1.807) is 17.0 Å². The third-order valence-corrected chi connectivity index (χ3v) is 5.51. The van der Waals surface area contributed by atoms with Gasteiger partial charge in [-0.3, -0.25) is 9.59 Å². The van der Waals surface area contributed by atoms with Crippen LogP contribution in [0.5, 0.6) is 0 Å². The molecule has 1 aromatic carbocycles. The minimum absolute atomic E-state index is 0.0152. The minimum atomic E-state index is -0.284. The zero-order valence-corrected chi connectivity index (χ0v) is 16.0. The van der Waals surface area contributed by atoms with Crippen LogP contribution in [-0.2, 0) is 14.3 Å². The summed E-state index contributed by atoms with van der Waals surface area (Å²) in [5, 5.41) is 0. The predicted octanol–water partition coefficient (Wildman–Crippen LogP) is 2.95. The lowest BCUT2D eigenvalue weighted by Gasteiger charge is -2.28. The number of rotatable bonds is 7. The zero-order valence-electron chi connectivity index (χ0n) is 16.0. The summed E-state index contributed by atoms with van der Waals surface area (Å²) in [5.74, 6) is -0.344. The largest absolute Gasteiger partial charge is 0.376 e. The number of ether oxygens (including phenoxy) is 1. The molecule has 2 fully saturated rings. The van der Waals surface area contributed by atoms with Gasteiger partial charge in [0, 0.05) is 32.7 Å². The third-order valence-electron chi connectivity index (χ3n) is 5.51. The van der Waals surface area contributed by atoms with Gasteiger partial charge in [-0.05, 0) is 49.3 Å². The van der Waals surface area contributed by atoms with Crippen LogP contribution < -0.4 is 0 Å². The molecule has 2 saturated heterocycles. The summed E-state index contributed by atoms with van der Waals surface area (Å²) >= 11 is 0. The summed E-state index contributed by atoms with van der Waals surface area (Å²) in [5.41, 5.74) is 0.924. The van der Waals surface area contributed by atoms with Crippen LogP contribution in [0.4, 0.5) is 4.39 Å². The van der Waals surface area contributed by atoms with Gasteiger partial charge in [0.15, 0.2) is 0 Å². The highest BCUT2D eigenvalue weighted by Gasteiger charge is 2.28. The fourth-order valence-corrected chi connectivity index (χ4v) is 3.82. The van der Waals surface area contributed by atoms with Gasteiger partial charge in [0.2, 0.25) is 11.8 Å². The number of nitrogens with zero attached hydrogens (tertiary/aromatic N) is 2. The van der Waals surface area contributed by atoms with E-state index in [2.05, 4.69) is 0 Å². The van der Waals surface area contributed by atoms with E-state index in [0.29, 0.717) is 13.0 Å². The second-order valence-corrected chi connectivity index (χ2v) is 7.65. The van der Waals surface area contributed by atoms with Crippen molar-refractivity contribution < 1.29 is 18.7 Å². The van der Waals surface area contributed by atoms with E-state index in [9.17, 15) is 14.0 Å². The van der Waals surface area contributed by atoms with Crippen molar-refractivity contribution in [1.29, 1.82) is 0 Å². The molecule has 27 heavy (non-hydrogen) atoms. The molecule has 2 heterocycles. The lowest BCUT2D eigenvalue weighted by atomic mass is 9.97. The first-order chi connectivity index (χ1) is 13.0. The van der Waals surface area contributed by atoms with Gasteiger partial charge in [-0.1, -0.05) is 19.1 Å². The van der Waals surface area contributed by atoms with Gasteiger partial charge in [0.05, 0.1) is 12.6 Å². The van der Waals surface area contributed by atoms with Crippen molar-refractivity contribution >= 4 is 11.8 Å². The van der Waals surface area contributed by atoms with E-state index in [4.69, 9.17) is 4.74 Å². The van der Waals surface area contributed by atoms with E-state index in [-0.39, 0.29) is 36.2 Å². The van der Waals surface area contributed by atoms with Gasteiger partial charge in [-0.2, -0.15) is 0 Å². The Morgan fingerprint density at radius 3 is 2.56 bits per heavy atom. The number of carbonyl (C=O) groups excluding carboxylic acids is 2. The van der Waals surface area contributed by atoms with Gasteiger partial charge in [0.1, 0.15) is 5.82 Å². The van der Waals surface area contributed by atoms with Crippen LogP contribution >= 0.6 is 0 Å². The van der Waals surface area contributed by atoms with Crippen molar-refractivity contribution in [3.63, 3.8) is 0 Å². The molecule has 0 saturated carbocycles. The van der Waals surface area contributed by atoms with Crippen LogP contribution in [0.15, 0.2) is 24.3 Å². The second kappa shape index (κ2) is 9.31. The average molecular weight is 376 g/mol. The normalized spacial score (nSPS) is 20.7. The van der Waals surface area contributed by atoms with Gasteiger partial charge in [-0.25, -0.2) is 4.39 Å². The summed E-state index contributed by atoms with van der Waals surface area (Å²) in [6, 6.07) is 6.26. The maximum Gasteiger partial charge on any atom is 0.242 e. The summed E-state index contributed by atoms with van der Waals surface area (Å²) in [4.78, 5) is 29.0. The predicted molar refractivity (Wildman–Crippen MR) is 101 cm³/mol. The maximum absolute atomic E-state index is 13.1. The molecule has 148 valence electrons. The minimum Gasteiger partial charge on any atom is -0.376 e. The molecule has 0 N–H and O–H groups in total. The smallest absolute Gasteiger partial charge is 0.242 e. The number of likely N-dealkylation sites (tertiary alicyclic amines) is 1. The van der Waals surface area contributed by atoms with Crippen LogP contribution in [-0.4, -0.2) is 60.5 Å². The van der Waals surface area contributed by atoms with Gasteiger partial charge in [-0.15, -0.1) is 0 Å². The molecule has 0 aliphatic carbocycles. The Morgan fingerprint density at radius 2 is 1.93 bits per heavy atom. The van der Waals surface area contributed by atoms with E-state index in [1.807, 2.05) is 11.8 Å². The molecule has 3 rings (SSSR count). The molecule has 2 atom stereocenters. The number of carbonyl (C=O) groups is 2. The standard InChI is InChI=1S/C21H29FN2O3/c1-16(17-6-8-18(22)9-7-17)13-20(25)24(14-19-5-4-12-27-19)15-21(26)23-10-2-3-11-23/h6-9,16,19H,2-5,10-15H2,1H3/t16-,19+/m0/s1. The highest BCUT2D eigenvalue weighted by Crippen LogP contribution is 2.22. The molecule has 0 radical (unpaired) electrons. The summed E-state index contributed by atoms with van der Waals surface area (Å²) in [6.07, 6.45) is 4.31. The van der Waals surface area contributed by atoms with Gasteiger partial charge >= 0.3 is 0 Å². The molecule has 0 aromatic heterocycles. The Kier molecular flexibility index (Phi) is 6.83.